The maximum Gasteiger partial charge on any atom is 0.319 e. The van der Waals surface area contributed by atoms with Crippen molar-refractivity contribution in [3.8, 4) is 23.3 Å². The Morgan fingerprint density at radius 2 is 2.06 bits per heavy atom. The van der Waals surface area contributed by atoms with Gasteiger partial charge in [-0.15, -0.1) is 0 Å². The number of aromatic nitrogens is 6. The minimum atomic E-state index is -1.01. The number of pyridine rings is 2. The largest absolute Gasteiger partial charge is 0.461 e. The molecule has 0 radical (unpaired) electrons. The molecule has 0 bridgehead atoms. The summed E-state index contributed by atoms with van der Waals surface area (Å²) in [6.07, 6.45) is 6.47. The second-order valence-electron chi connectivity index (χ2n) is 13.8. The normalized spacial score (nSPS) is 22.1. The first-order valence-corrected chi connectivity index (χ1v) is 17.8. The van der Waals surface area contributed by atoms with E-state index in [0.29, 0.717) is 40.0 Å². The number of alkyl halides is 1. The fourth-order valence-electron chi connectivity index (χ4n) is 7.97. The number of fused-ring (bicyclic) bond motifs is 3. The molecule has 3 atom stereocenters. The first-order valence-electron chi connectivity index (χ1n) is 17.4. The van der Waals surface area contributed by atoms with E-state index in [1.165, 1.54) is 17.3 Å². The van der Waals surface area contributed by atoms with Gasteiger partial charge in [-0.05, 0) is 50.1 Å². The van der Waals surface area contributed by atoms with Crippen LogP contribution in [0.5, 0.6) is 6.01 Å². The average molecular weight is 743 g/mol. The van der Waals surface area contributed by atoms with Gasteiger partial charge in [0.15, 0.2) is 11.6 Å². The van der Waals surface area contributed by atoms with Crippen molar-refractivity contribution in [3.63, 3.8) is 0 Å². The molecule has 1 N–H and O–H groups in total. The molecular weight excluding hydrogens is 709 g/mol. The van der Waals surface area contributed by atoms with Gasteiger partial charge < -0.3 is 14.5 Å². The third-order valence-electron chi connectivity index (χ3n) is 10.5. The van der Waals surface area contributed by atoms with Crippen LogP contribution in [0.1, 0.15) is 36.9 Å². The van der Waals surface area contributed by atoms with E-state index in [-0.39, 0.29) is 66.8 Å². The van der Waals surface area contributed by atoms with Gasteiger partial charge in [0.2, 0.25) is 0 Å². The molecule has 53 heavy (non-hydrogen) atoms. The lowest BCUT2D eigenvalue weighted by Crippen LogP contribution is -2.55. The number of rotatable bonds is 8. The molecule has 3 aliphatic heterocycles. The highest BCUT2D eigenvalue weighted by atomic mass is 35.5. The first kappa shape index (κ1) is 34.7. The van der Waals surface area contributed by atoms with E-state index < -0.39 is 35.3 Å². The van der Waals surface area contributed by atoms with Crippen LogP contribution in [-0.4, -0.2) is 103 Å². The quantitative estimate of drug-likeness (QED) is 0.190. The maximum atomic E-state index is 16.9. The topological polar surface area (TPSA) is 140 Å². The Balaban J connectivity index is 1.18. The third kappa shape index (κ3) is 6.29. The standard InChI is InChI=1S/C37H34ClF3N10O2/c1-21-13-28-25(17-45-48-28)29(30(21)38)33-31(41)32-26(16-44-33)34(47-36(46-32)53-20-37-7-4-10-50(37)18-22(39)15-37)49-11-12-51(24(19-49)6-8-42)35(52)27(40)14-23-5-2-3-9-43-23/h2-3,5,9,13-14,16-17,22,24H,4,6-7,10-12,15,18-20H2,1H3,(H,45,48)/b27-14-/t22-,24+,37+/m1/s1. The number of aryl methyl sites for hydroxylation is 1. The molecule has 5 aromatic rings. The van der Waals surface area contributed by atoms with Gasteiger partial charge in [0.25, 0.3) is 5.91 Å². The van der Waals surface area contributed by atoms with Crippen molar-refractivity contribution in [1.29, 1.82) is 5.26 Å². The molecule has 4 aromatic heterocycles. The zero-order chi connectivity index (χ0) is 36.9. The number of benzene rings is 1. The third-order valence-corrected chi connectivity index (χ3v) is 11.0. The van der Waals surface area contributed by atoms with E-state index in [2.05, 4.69) is 36.1 Å². The predicted molar refractivity (Wildman–Crippen MR) is 192 cm³/mol. The van der Waals surface area contributed by atoms with E-state index >= 15 is 8.78 Å². The number of amides is 1. The van der Waals surface area contributed by atoms with E-state index in [1.807, 2.05) is 6.07 Å². The summed E-state index contributed by atoms with van der Waals surface area (Å²) < 4.78 is 53.0. The summed E-state index contributed by atoms with van der Waals surface area (Å²) in [4.78, 5) is 36.5. The number of hydrogen-bond donors (Lipinski definition) is 1. The van der Waals surface area contributed by atoms with Crippen LogP contribution in [0.2, 0.25) is 5.02 Å². The Labute approximate surface area is 307 Å². The van der Waals surface area contributed by atoms with Crippen LogP contribution in [-0.2, 0) is 4.79 Å². The lowest BCUT2D eigenvalue weighted by molar-refractivity contribution is -0.131. The molecule has 8 rings (SSSR count). The van der Waals surface area contributed by atoms with Crippen molar-refractivity contribution >= 4 is 51.2 Å². The van der Waals surface area contributed by atoms with Crippen molar-refractivity contribution in [2.24, 2.45) is 0 Å². The molecule has 0 unspecified atom stereocenters. The van der Waals surface area contributed by atoms with Crippen LogP contribution in [0.15, 0.2) is 48.7 Å². The lowest BCUT2D eigenvalue weighted by Gasteiger charge is -2.41. The van der Waals surface area contributed by atoms with Crippen LogP contribution in [0.4, 0.5) is 19.0 Å². The molecule has 3 aliphatic rings. The number of anilines is 1. The SMILES string of the molecule is Cc1cc2[nH]ncc2c(-c2ncc3c(N4CCN(C(=O)/C(F)=C/c5ccccn5)[C@@H](CC#N)C4)nc(OC[C@@]45CCCN4C[C@H](F)C5)nc3c2F)c1Cl. The summed E-state index contributed by atoms with van der Waals surface area (Å²) in [5.74, 6) is -2.37. The van der Waals surface area contributed by atoms with Gasteiger partial charge in [0, 0.05) is 62.0 Å². The van der Waals surface area contributed by atoms with Gasteiger partial charge >= 0.3 is 6.01 Å². The van der Waals surface area contributed by atoms with E-state index in [4.69, 9.17) is 21.3 Å². The molecule has 16 heteroatoms. The van der Waals surface area contributed by atoms with Gasteiger partial charge in [-0.3, -0.25) is 24.8 Å². The molecule has 272 valence electrons. The highest BCUT2D eigenvalue weighted by Crippen LogP contribution is 2.42. The molecule has 1 amide bonds. The molecule has 3 fully saturated rings. The van der Waals surface area contributed by atoms with Crippen LogP contribution in [0.25, 0.3) is 39.1 Å². The minimum absolute atomic E-state index is 0.0394. The van der Waals surface area contributed by atoms with E-state index in [1.54, 1.807) is 36.2 Å². The lowest BCUT2D eigenvalue weighted by atomic mass is 9.95. The molecule has 1 aromatic carbocycles. The number of nitriles is 1. The Morgan fingerprint density at radius 1 is 1.19 bits per heavy atom. The first-order chi connectivity index (χ1) is 25.7. The van der Waals surface area contributed by atoms with Gasteiger partial charge in [-0.25, -0.2) is 13.2 Å². The number of H-pyrrole nitrogens is 1. The summed E-state index contributed by atoms with van der Waals surface area (Å²) in [6.45, 7) is 3.29. The number of carbonyl (C=O) groups is 1. The second-order valence-corrected chi connectivity index (χ2v) is 14.2. The number of nitrogens with zero attached hydrogens (tertiary/aromatic N) is 9. The summed E-state index contributed by atoms with van der Waals surface area (Å²) in [5.41, 5.74) is 1.33. The molecule has 7 heterocycles. The fraction of sp³-hybridized carbons (Fsp3) is 0.378. The molecule has 0 spiro atoms. The molecule has 12 nitrogen and oxygen atoms in total. The van der Waals surface area contributed by atoms with Gasteiger partial charge in [0.05, 0.1) is 51.9 Å². The number of hydrogen-bond acceptors (Lipinski definition) is 10. The van der Waals surface area contributed by atoms with Gasteiger partial charge in [-0.2, -0.15) is 20.3 Å². The zero-order valence-electron chi connectivity index (χ0n) is 28.7. The number of carbonyl (C=O) groups excluding carboxylic acids is 1. The predicted octanol–water partition coefficient (Wildman–Crippen LogP) is 5.96. The Hall–Kier alpha value is -5.33. The number of nitrogens with one attached hydrogen (secondary N) is 1. The van der Waals surface area contributed by atoms with Crippen LogP contribution in [0, 0.1) is 24.1 Å². The highest BCUT2D eigenvalue weighted by molar-refractivity contribution is 6.35. The highest BCUT2D eigenvalue weighted by Gasteiger charge is 2.49. The smallest absolute Gasteiger partial charge is 0.319 e. The second kappa shape index (κ2) is 13.9. The number of ether oxygens (including phenoxy) is 1. The van der Waals surface area contributed by atoms with Crippen LogP contribution < -0.4 is 9.64 Å². The molecular formula is C37H34ClF3N10O2. The molecule has 3 saturated heterocycles. The Bertz CT molecular complexity index is 2300. The molecule has 0 saturated carbocycles. The summed E-state index contributed by atoms with van der Waals surface area (Å²) in [7, 11) is 0. The summed E-state index contributed by atoms with van der Waals surface area (Å²) in [6, 6.07) is 8.01. The molecule has 0 aliphatic carbocycles. The fourth-order valence-corrected chi connectivity index (χ4v) is 8.21. The maximum absolute atomic E-state index is 16.9. The zero-order valence-corrected chi connectivity index (χ0v) is 29.5. The van der Waals surface area contributed by atoms with Crippen molar-refractivity contribution in [2.75, 3.05) is 44.2 Å². The average Bonchev–Trinajstić information content (AvgIpc) is 3.86. The van der Waals surface area contributed by atoms with Crippen molar-refractivity contribution < 1.29 is 22.7 Å². The monoisotopic (exact) mass is 742 g/mol. The number of aromatic amines is 1. The van der Waals surface area contributed by atoms with Gasteiger partial charge in [-0.1, -0.05) is 17.7 Å². The minimum Gasteiger partial charge on any atom is -0.461 e. The van der Waals surface area contributed by atoms with Crippen LogP contribution >= 0.6 is 11.6 Å². The van der Waals surface area contributed by atoms with Crippen molar-refractivity contribution in [3.05, 3.63) is 70.8 Å². The van der Waals surface area contributed by atoms with E-state index in [0.717, 1.165) is 25.5 Å². The summed E-state index contributed by atoms with van der Waals surface area (Å²) in [5, 5.41) is 17.9. The van der Waals surface area contributed by atoms with Crippen molar-refractivity contribution in [2.45, 2.75) is 50.4 Å². The Kier molecular flexibility index (Phi) is 9.11. The van der Waals surface area contributed by atoms with Gasteiger partial charge in [0.1, 0.15) is 29.8 Å². The van der Waals surface area contributed by atoms with Crippen molar-refractivity contribution in [1.82, 2.24) is 39.9 Å². The Morgan fingerprint density at radius 3 is 2.87 bits per heavy atom. The summed E-state index contributed by atoms with van der Waals surface area (Å²) >= 11 is 6.77. The number of piperazine rings is 1. The number of halogens is 4. The van der Waals surface area contributed by atoms with E-state index in [9.17, 15) is 14.4 Å². The van der Waals surface area contributed by atoms with Crippen LogP contribution in [0.3, 0.4) is 0 Å².